The van der Waals surface area contributed by atoms with Gasteiger partial charge in [-0.1, -0.05) is 12.1 Å². The molecule has 0 bridgehead atoms. The lowest BCUT2D eigenvalue weighted by atomic mass is 10.1. The normalized spacial score (nSPS) is 22.0. The van der Waals surface area contributed by atoms with Crippen LogP contribution in [0.5, 0.6) is 5.88 Å². The maximum atomic E-state index is 14.3. The predicted octanol–water partition coefficient (Wildman–Crippen LogP) is 1.93. The molecule has 1 aromatic heterocycles. The number of aliphatic hydroxyl groups excluding tert-OH is 2. The molecule has 0 spiro atoms. The van der Waals surface area contributed by atoms with Crippen molar-refractivity contribution in [1.82, 2.24) is 4.98 Å². The van der Waals surface area contributed by atoms with Crippen molar-refractivity contribution in [2.24, 2.45) is 0 Å². The fourth-order valence-corrected chi connectivity index (χ4v) is 2.90. The highest BCUT2D eigenvalue weighted by atomic mass is 19.1. The summed E-state index contributed by atoms with van der Waals surface area (Å²) < 4.78 is 25.1. The minimum Gasteiger partial charge on any atom is -0.477 e. The fraction of sp³-hybridized carbons (Fsp3) is 0.389. The van der Waals surface area contributed by atoms with E-state index in [0.29, 0.717) is 6.42 Å². The van der Waals surface area contributed by atoms with Crippen LogP contribution in [-0.4, -0.2) is 45.5 Å². The highest BCUT2D eigenvalue weighted by Gasteiger charge is 2.35. The lowest BCUT2D eigenvalue weighted by Crippen LogP contribution is -2.24. The minimum absolute atomic E-state index is 0.0154. The van der Waals surface area contributed by atoms with Crippen LogP contribution in [0.4, 0.5) is 10.1 Å². The number of halogens is 1. The molecular weight excluding hydrogens is 359 g/mol. The number of rotatable bonds is 7. The first kappa shape index (κ1) is 19.2. The van der Waals surface area contributed by atoms with Gasteiger partial charge in [-0.15, -0.1) is 0 Å². The second-order valence-electron chi connectivity index (χ2n) is 6.20. The third kappa shape index (κ3) is 4.57. The zero-order valence-corrected chi connectivity index (χ0v) is 14.3. The molecule has 2 N–H and O–H groups in total. The Morgan fingerprint density at radius 2 is 2.04 bits per heavy atom. The van der Waals surface area contributed by atoms with Crippen molar-refractivity contribution in [2.45, 2.75) is 31.2 Å². The fourth-order valence-electron chi connectivity index (χ4n) is 2.90. The molecule has 144 valence electrons. The third-order valence-electron chi connectivity index (χ3n) is 4.39. The first-order valence-electron chi connectivity index (χ1n) is 8.45. The molecule has 27 heavy (non-hydrogen) atoms. The summed E-state index contributed by atoms with van der Waals surface area (Å²) in [6.45, 7) is -0.106. The van der Waals surface area contributed by atoms with E-state index in [2.05, 4.69) is 4.98 Å². The molecule has 1 fully saturated rings. The van der Waals surface area contributed by atoms with Crippen LogP contribution in [0.3, 0.4) is 0 Å². The standard InChI is InChI=1S/C18H19FN2O6/c19-18-13(15-9-14(23)16(10-22)27-15)5-6-17(20-18)26-8-7-11-1-3-12(4-2-11)21(24)25/h1-6,14-16,22-23H,7-10H2/t14-,15+,16+/m0/s1. The molecule has 0 unspecified atom stereocenters. The lowest BCUT2D eigenvalue weighted by Gasteiger charge is -2.13. The van der Waals surface area contributed by atoms with Crippen molar-refractivity contribution >= 4 is 5.69 Å². The van der Waals surface area contributed by atoms with Gasteiger partial charge in [-0.05, 0) is 11.6 Å². The van der Waals surface area contributed by atoms with Gasteiger partial charge < -0.3 is 19.7 Å². The lowest BCUT2D eigenvalue weighted by molar-refractivity contribution is -0.384. The van der Waals surface area contributed by atoms with E-state index in [1.165, 1.54) is 24.3 Å². The van der Waals surface area contributed by atoms with E-state index in [1.807, 2.05) is 0 Å². The van der Waals surface area contributed by atoms with Crippen LogP contribution in [0.2, 0.25) is 0 Å². The molecule has 0 amide bonds. The van der Waals surface area contributed by atoms with Crippen molar-refractivity contribution in [3.63, 3.8) is 0 Å². The Bertz CT molecular complexity index is 801. The predicted molar refractivity (Wildman–Crippen MR) is 91.8 cm³/mol. The summed E-state index contributed by atoms with van der Waals surface area (Å²) in [4.78, 5) is 13.9. The van der Waals surface area contributed by atoms with Gasteiger partial charge in [0.2, 0.25) is 11.8 Å². The molecule has 1 aliphatic rings. The number of nitrogens with zero attached hydrogens (tertiary/aromatic N) is 2. The van der Waals surface area contributed by atoms with Gasteiger partial charge in [0.15, 0.2) is 0 Å². The number of ether oxygens (including phenoxy) is 2. The van der Waals surface area contributed by atoms with Crippen LogP contribution in [0.1, 0.15) is 23.7 Å². The van der Waals surface area contributed by atoms with Gasteiger partial charge in [-0.3, -0.25) is 10.1 Å². The largest absolute Gasteiger partial charge is 0.477 e. The summed E-state index contributed by atoms with van der Waals surface area (Å²) >= 11 is 0. The van der Waals surface area contributed by atoms with E-state index in [9.17, 15) is 19.6 Å². The second kappa shape index (κ2) is 8.38. The Balaban J connectivity index is 1.55. The van der Waals surface area contributed by atoms with Crippen molar-refractivity contribution in [1.29, 1.82) is 0 Å². The van der Waals surface area contributed by atoms with E-state index in [0.717, 1.165) is 5.56 Å². The monoisotopic (exact) mass is 378 g/mol. The van der Waals surface area contributed by atoms with Crippen LogP contribution in [-0.2, 0) is 11.2 Å². The molecule has 1 aliphatic heterocycles. The van der Waals surface area contributed by atoms with E-state index in [1.54, 1.807) is 12.1 Å². The Kier molecular flexibility index (Phi) is 5.94. The molecule has 8 nitrogen and oxygen atoms in total. The SMILES string of the molecule is O=[N+]([O-])c1ccc(CCOc2ccc([C@H]3C[C@H](O)[C@@H](CO)O3)c(F)n2)cc1. The Morgan fingerprint density at radius 1 is 1.30 bits per heavy atom. The summed E-state index contributed by atoms with van der Waals surface area (Å²) in [6, 6.07) is 9.10. The van der Waals surface area contributed by atoms with Crippen molar-refractivity contribution in [2.75, 3.05) is 13.2 Å². The Hall–Kier alpha value is -2.62. The van der Waals surface area contributed by atoms with E-state index >= 15 is 0 Å². The number of hydrogen-bond donors (Lipinski definition) is 2. The maximum absolute atomic E-state index is 14.3. The Labute approximate surface area is 154 Å². The third-order valence-corrected chi connectivity index (χ3v) is 4.39. The first-order chi connectivity index (χ1) is 13.0. The molecule has 3 atom stereocenters. The van der Waals surface area contributed by atoms with Crippen LogP contribution < -0.4 is 4.74 Å². The topological polar surface area (TPSA) is 115 Å². The number of non-ortho nitro benzene ring substituents is 1. The summed E-state index contributed by atoms with van der Waals surface area (Å²) in [6.07, 6.45) is -1.58. The molecule has 2 aromatic rings. The average molecular weight is 378 g/mol. The van der Waals surface area contributed by atoms with Crippen LogP contribution in [0, 0.1) is 16.1 Å². The number of nitro benzene ring substituents is 1. The van der Waals surface area contributed by atoms with Gasteiger partial charge >= 0.3 is 0 Å². The van der Waals surface area contributed by atoms with Crippen molar-refractivity contribution < 1.29 is 29.0 Å². The molecule has 0 aliphatic carbocycles. The quantitative estimate of drug-likeness (QED) is 0.430. The van der Waals surface area contributed by atoms with Crippen LogP contribution in [0.15, 0.2) is 36.4 Å². The highest BCUT2D eigenvalue weighted by Crippen LogP contribution is 2.34. The molecular formula is C18H19FN2O6. The van der Waals surface area contributed by atoms with Crippen LogP contribution in [0.25, 0.3) is 0 Å². The summed E-state index contributed by atoms with van der Waals surface area (Å²) in [5.74, 6) is -0.644. The van der Waals surface area contributed by atoms with Gasteiger partial charge in [-0.25, -0.2) is 0 Å². The van der Waals surface area contributed by atoms with Gasteiger partial charge in [-0.2, -0.15) is 9.37 Å². The van der Waals surface area contributed by atoms with E-state index < -0.39 is 29.2 Å². The highest BCUT2D eigenvalue weighted by molar-refractivity contribution is 5.33. The van der Waals surface area contributed by atoms with Gasteiger partial charge in [0.05, 0.1) is 30.3 Å². The van der Waals surface area contributed by atoms with Crippen molar-refractivity contribution in [3.8, 4) is 5.88 Å². The van der Waals surface area contributed by atoms with Gasteiger partial charge in [0.1, 0.15) is 6.10 Å². The molecule has 0 saturated carbocycles. The van der Waals surface area contributed by atoms with E-state index in [4.69, 9.17) is 14.6 Å². The number of aliphatic hydroxyl groups is 2. The maximum Gasteiger partial charge on any atom is 0.269 e. The van der Waals surface area contributed by atoms with Gasteiger partial charge in [0.25, 0.3) is 5.69 Å². The summed E-state index contributed by atoms with van der Waals surface area (Å²) in [5, 5.41) is 29.5. The first-order valence-corrected chi connectivity index (χ1v) is 8.45. The number of aromatic nitrogens is 1. The molecule has 2 heterocycles. The number of benzene rings is 1. The summed E-state index contributed by atoms with van der Waals surface area (Å²) in [5.41, 5.74) is 1.07. The zero-order valence-electron chi connectivity index (χ0n) is 14.3. The molecule has 3 rings (SSSR count). The smallest absolute Gasteiger partial charge is 0.269 e. The Morgan fingerprint density at radius 3 is 2.63 bits per heavy atom. The molecule has 0 radical (unpaired) electrons. The average Bonchev–Trinajstić information content (AvgIpc) is 3.02. The minimum atomic E-state index is -0.850. The van der Waals surface area contributed by atoms with Gasteiger partial charge in [0, 0.05) is 36.6 Å². The number of hydrogen-bond acceptors (Lipinski definition) is 7. The van der Waals surface area contributed by atoms with Crippen LogP contribution >= 0.6 is 0 Å². The molecule has 9 heteroatoms. The molecule has 1 aromatic carbocycles. The second-order valence-corrected chi connectivity index (χ2v) is 6.20. The number of nitro groups is 1. The summed E-state index contributed by atoms with van der Waals surface area (Å²) in [7, 11) is 0. The number of pyridine rings is 1. The van der Waals surface area contributed by atoms with Crippen molar-refractivity contribution in [3.05, 3.63) is 63.6 Å². The molecule has 1 saturated heterocycles. The zero-order chi connectivity index (χ0) is 19.4. The van der Waals surface area contributed by atoms with E-state index in [-0.39, 0.29) is 36.8 Å².